The molecule has 0 bridgehead atoms. The Hall–Kier alpha value is -2.76. The number of benzene rings is 1. The van der Waals surface area contributed by atoms with Crippen molar-refractivity contribution in [1.29, 1.82) is 0 Å². The third-order valence-corrected chi connectivity index (χ3v) is 3.93. The molecule has 0 aliphatic heterocycles. The molecule has 3 aromatic rings. The largest absolute Gasteiger partial charge is 0.366 e. The monoisotopic (exact) mass is 279 g/mol. The van der Waals surface area contributed by atoms with Gasteiger partial charge in [0.2, 0.25) is 5.95 Å². The lowest BCUT2D eigenvalue weighted by Crippen LogP contribution is -2.22. The topological polar surface area (TPSA) is 86.2 Å². The SMILES string of the molecule is Nc1nc2ncc3c(n2n1)C[C@@H](c1ccccc1)CC3=O. The summed E-state index contributed by atoms with van der Waals surface area (Å²) >= 11 is 0. The second-order valence-corrected chi connectivity index (χ2v) is 5.24. The maximum absolute atomic E-state index is 12.4. The van der Waals surface area contributed by atoms with Crippen molar-refractivity contribution >= 4 is 17.5 Å². The molecule has 0 saturated carbocycles. The lowest BCUT2D eigenvalue weighted by atomic mass is 9.82. The minimum atomic E-state index is 0.0913. The summed E-state index contributed by atoms with van der Waals surface area (Å²) in [5.74, 6) is 0.855. The van der Waals surface area contributed by atoms with E-state index < -0.39 is 0 Å². The molecule has 4 rings (SSSR count). The number of nitrogens with two attached hydrogens (primary N) is 1. The third kappa shape index (κ3) is 1.87. The number of aromatic nitrogens is 4. The van der Waals surface area contributed by atoms with Crippen LogP contribution in [0.3, 0.4) is 0 Å². The number of nitrogens with zero attached hydrogens (tertiary/aromatic N) is 4. The van der Waals surface area contributed by atoms with Crippen molar-refractivity contribution in [2.75, 3.05) is 5.73 Å². The predicted octanol–water partition coefficient (Wildman–Crippen LogP) is 1.62. The van der Waals surface area contributed by atoms with Gasteiger partial charge in [0.15, 0.2) is 5.78 Å². The van der Waals surface area contributed by atoms with Crippen LogP contribution in [0.4, 0.5) is 5.95 Å². The van der Waals surface area contributed by atoms with Gasteiger partial charge in [-0.1, -0.05) is 30.3 Å². The summed E-state index contributed by atoms with van der Waals surface area (Å²) in [4.78, 5) is 20.6. The van der Waals surface area contributed by atoms with Crippen LogP contribution in [0.5, 0.6) is 0 Å². The van der Waals surface area contributed by atoms with Crippen LogP contribution in [-0.2, 0) is 6.42 Å². The fourth-order valence-electron chi connectivity index (χ4n) is 2.92. The lowest BCUT2D eigenvalue weighted by molar-refractivity contribution is 0.0962. The van der Waals surface area contributed by atoms with Gasteiger partial charge in [-0.05, 0) is 17.9 Å². The lowest BCUT2D eigenvalue weighted by Gasteiger charge is -2.23. The Balaban J connectivity index is 1.86. The third-order valence-electron chi connectivity index (χ3n) is 3.93. The number of nitrogen functional groups attached to an aromatic ring is 1. The number of carbonyl (C=O) groups is 1. The molecule has 2 aromatic heterocycles. The van der Waals surface area contributed by atoms with Crippen molar-refractivity contribution in [2.45, 2.75) is 18.8 Å². The van der Waals surface area contributed by atoms with Crippen LogP contribution in [0, 0.1) is 0 Å². The van der Waals surface area contributed by atoms with Crippen LogP contribution in [0.2, 0.25) is 0 Å². The van der Waals surface area contributed by atoms with Crippen LogP contribution in [0.1, 0.15) is 34.0 Å². The smallest absolute Gasteiger partial charge is 0.254 e. The molecule has 21 heavy (non-hydrogen) atoms. The quantitative estimate of drug-likeness (QED) is 0.731. The van der Waals surface area contributed by atoms with E-state index in [-0.39, 0.29) is 17.6 Å². The molecule has 1 aliphatic rings. The van der Waals surface area contributed by atoms with Gasteiger partial charge in [-0.25, -0.2) is 4.98 Å². The Kier molecular flexibility index (Phi) is 2.50. The Morgan fingerprint density at radius 3 is 2.81 bits per heavy atom. The molecule has 0 fully saturated rings. The van der Waals surface area contributed by atoms with E-state index >= 15 is 0 Å². The minimum Gasteiger partial charge on any atom is -0.366 e. The van der Waals surface area contributed by atoms with Crippen molar-refractivity contribution in [2.24, 2.45) is 0 Å². The van der Waals surface area contributed by atoms with E-state index in [2.05, 4.69) is 27.2 Å². The molecule has 6 heteroatoms. The van der Waals surface area contributed by atoms with Gasteiger partial charge in [-0.3, -0.25) is 4.79 Å². The molecule has 1 aliphatic carbocycles. The molecule has 0 amide bonds. The maximum atomic E-state index is 12.4. The Bertz CT molecular complexity index is 840. The molecule has 0 saturated heterocycles. The summed E-state index contributed by atoms with van der Waals surface area (Å²) < 4.78 is 1.59. The van der Waals surface area contributed by atoms with Crippen LogP contribution in [0.15, 0.2) is 36.5 Å². The fourth-order valence-corrected chi connectivity index (χ4v) is 2.92. The van der Waals surface area contributed by atoms with Gasteiger partial charge < -0.3 is 5.73 Å². The first-order chi connectivity index (χ1) is 10.2. The van der Waals surface area contributed by atoms with Crippen molar-refractivity contribution in [3.8, 4) is 0 Å². The first-order valence-corrected chi connectivity index (χ1v) is 6.80. The number of hydrogen-bond donors (Lipinski definition) is 1. The highest BCUT2D eigenvalue weighted by Gasteiger charge is 2.29. The molecular formula is C15H13N5O. The standard InChI is InChI=1S/C15H13N5O/c16-14-18-15-17-8-11-12(20(15)19-14)6-10(7-13(11)21)9-4-2-1-3-5-9/h1-5,8,10H,6-7H2,(H2,16,19)/t10-/m1/s1. The van der Waals surface area contributed by atoms with Crippen LogP contribution in [-0.4, -0.2) is 25.4 Å². The zero-order valence-corrected chi connectivity index (χ0v) is 11.2. The summed E-state index contributed by atoms with van der Waals surface area (Å²) in [7, 11) is 0. The van der Waals surface area contributed by atoms with Gasteiger partial charge in [0.25, 0.3) is 5.78 Å². The average Bonchev–Trinajstić information content (AvgIpc) is 2.89. The highest BCUT2D eigenvalue weighted by molar-refractivity contribution is 5.98. The Morgan fingerprint density at radius 2 is 2.00 bits per heavy atom. The van der Waals surface area contributed by atoms with Gasteiger partial charge >= 0.3 is 0 Å². The van der Waals surface area contributed by atoms with Crippen molar-refractivity contribution in [1.82, 2.24) is 19.6 Å². The summed E-state index contributed by atoms with van der Waals surface area (Å²) in [6.45, 7) is 0. The first-order valence-electron chi connectivity index (χ1n) is 6.80. The normalized spacial score (nSPS) is 17.9. The molecule has 1 aromatic carbocycles. The Morgan fingerprint density at radius 1 is 1.19 bits per heavy atom. The molecule has 6 nitrogen and oxygen atoms in total. The molecule has 0 radical (unpaired) electrons. The van der Waals surface area contributed by atoms with Crippen molar-refractivity contribution < 1.29 is 4.79 Å². The molecule has 104 valence electrons. The van der Waals surface area contributed by atoms with Crippen molar-refractivity contribution in [3.63, 3.8) is 0 Å². The molecule has 1 atom stereocenters. The Labute approximate surface area is 120 Å². The van der Waals surface area contributed by atoms with Crippen LogP contribution in [0.25, 0.3) is 5.78 Å². The number of Topliss-reactive ketones (excluding diaryl/α,β-unsaturated/α-hetero) is 1. The fraction of sp³-hybridized carbons (Fsp3) is 0.200. The number of fused-ring (bicyclic) bond motifs is 3. The molecule has 0 unspecified atom stereocenters. The van der Waals surface area contributed by atoms with Gasteiger partial charge in [-0.2, -0.15) is 9.50 Å². The van der Waals surface area contributed by atoms with E-state index in [0.29, 0.717) is 17.8 Å². The second kappa shape index (κ2) is 4.37. The predicted molar refractivity (Wildman–Crippen MR) is 77.0 cm³/mol. The zero-order valence-electron chi connectivity index (χ0n) is 11.2. The van der Waals surface area contributed by atoms with E-state index in [0.717, 1.165) is 17.7 Å². The number of anilines is 1. The summed E-state index contributed by atoms with van der Waals surface area (Å²) in [6, 6.07) is 10.1. The second-order valence-electron chi connectivity index (χ2n) is 5.24. The average molecular weight is 279 g/mol. The zero-order chi connectivity index (χ0) is 14.4. The van der Waals surface area contributed by atoms with E-state index in [9.17, 15) is 4.79 Å². The van der Waals surface area contributed by atoms with E-state index in [4.69, 9.17) is 5.73 Å². The van der Waals surface area contributed by atoms with Crippen molar-refractivity contribution in [3.05, 3.63) is 53.3 Å². The molecule has 2 N–H and O–H groups in total. The highest BCUT2D eigenvalue weighted by Crippen LogP contribution is 2.32. The highest BCUT2D eigenvalue weighted by atomic mass is 16.1. The summed E-state index contributed by atoms with van der Waals surface area (Å²) in [5.41, 5.74) is 8.26. The van der Waals surface area contributed by atoms with Crippen LogP contribution < -0.4 is 5.73 Å². The maximum Gasteiger partial charge on any atom is 0.254 e. The van der Waals surface area contributed by atoms with Gasteiger partial charge in [0, 0.05) is 12.6 Å². The number of rotatable bonds is 1. The first kappa shape index (κ1) is 12.0. The number of hydrogen-bond acceptors (Lipinski definition) is 5. The molecule has 2 heterocycles. The summed E-state index contributed by atoms with van der Waals surface area (Å²) in [5, 5.41) is 4.16. The molecule has 0 spiro atoms. The molecular weight excluding hydrogens is 266 g/mol. The van der Waals surface area contributed by atoms with Crippen LogP contribution >= 0.6 is 0 Å². The van der Waals surface area contributed by atoms with Gasteiger partial charge in [0.1, 0.15) is 0 Å². The van der Waals surface area contributed by atoms with Gasteiger partial charge in [0.05, 0.1) is 11.3 Å². The van der Waals surface area contributed by atoms with E-state index in [1.54, 1.807) is 10.7 Å². The number of carbonyl (C=O) groups excluding carboxylic acids is 1. The minimum absolute atomic E-state index is 0.0913. The summed E-state index contributed by atoms with van der Waals surface area (Å²) in [6.07, 6.45) is 2.81. The van der Waals surface area contributed by atoms with Gasteiger partial charge in [-0.15, -0.1) is 5.10 Å². The van der Waals surface area contributed by atoms with E-state index in [1.807, 2.05) is 18.2 Å². The number of ketones is 1. The van der Waals surface area contributed by atoms with E-state index in [1.165, 1.54) is 0 Å².